The first-order chi connectivity index (χ1) is 14.5. The first kappa shape index (κ1) is 23.3. The lowest BCUT2D eigenvalue weighted by atomic mass is 9.96. The molecule has 9 nitrogen and oxygen atoms in total. The average Bonchev–Trinajstić information content (AvgIpc) is 3.05. The van der Waals surface area contributed by atoms with Crippen LogP contribution in [0.15, 0.2) is 22.9 Å². The molecule has 1 N–H and O–H groups in total. The molecule has 170 valence electrons. The monoisotopic (exact) mass is 494 g/mol. The molecule has 31 heavy (non-hydrogen) atoms. The molecule has 2 aromatic rings. The van der Waals surface area contributed by atoms with Crippen LogP contribution in [0.25, 0.3) is 5.65 Å². The maximum absolute atomic E-state index is 13.4. The van der Waals surface area contributed by atoms with Gasteiger partial charge in [-0.2, -0.15) is 0 Å². The van der Waals surface area contributed by atoms with E-state index in [-0.39, 0.29) is 11.8 Å². The number of carboxylic acid groups (broad SMARTS) is 1. The second-order valence-corrected chi connectivity index (χ2v) is 10.1. The molecule has 0 aliphatic carbocycles. The zero-order valence-corrected chi connectivity index (χ0v) is 20.3. The molecule has 2 aromatic heterocycles. The van der Waals surface area contributed by atoms with Crippen molar-refractivity contribution in [2.45, 2.75) is 52.6 Å². The van der Waals surface area contributed by atoms with Crippen molar-refractivity contribution in [3.8, 4) is 0 Å². The van der Waals surface area contributed by atoms with Crippen LogP contribution < -0.4 is 4.90 Å². The number of halogens is 1. The normalized spacial score (nSPS) is 16.1. The lowest BCUT2D eigenvalue weighted by molar-refractivity contribution is -0.139. The van der Waals surface area contributed by atoms with Crippen molar-refractivity contribution in [3.63, 3.8) is 0 Å². The number of fused-ring (bicyclic) bond motifs is 1. The lowest BCUT2D eigenvalue weighted by Crippen LogP contribution is -2.60. The van der Waals surface area contributed by atoms with Crippen molar-refractivity contribution in [1.29, 1.82) is 0 Å². The first-order valence-electron chi connectivity index (χ1n) is 10.6. The van der Waals surface area contributed by atoms with E-state index in [9.17, 15) is 14.7 Å². The summed E-state index contributed by atoms with van der Waals surface area (Å²) in [6.45, 7) is 11.8. The Balaban J connectivity index is 1.74. The van der Waals surface area contributed by atoms with E-state index in [1.54, 1.807) is 15.6 Å². The number of anilines is 1. The molecule has 0 bridgehead atoms. The minimum Gasteiger partial charge on any atom is -0.465 e. The van der Waals surface area contributed by atoms with Gasteiger partial charge in [-0.25, -0.2) is 14.3 Å². The highest BCUT2D eigenvalue weighted by atomic mass is 79.9. The van der Waals surface area contributed by atoms with Gasteiger partial charge in [0.2, 0.25) is 5.91 Å². The number of hydrogen-bond acceptors (Lipinski definition) is 5. The van der Waals surface area contributed by atoms with Crippen molar-refractivity contribution >= 4 is 39.4 Å². The van der Waals surface area contributed by atoms with E-state index in [1.165, 1.54) is 4.90 Å². The Morgan fingerprint density at radius 1 is 1.19 bits per heavy atom. The minimum atomic E-state index is -1.06. The number of rotatable bonds is 5. The highest BCUT2D eigenvalue weighted by Gasteiger charge is 2.40. The van der Waals surface area contributed by atoms with Gasteiger partial charge in [0.05, 0.1) is 6.20 Å². The Morgan fingerprint density at radius 2 is 1.84 bits per heavy atom. The van der Waals surface area contributed by atoms with Gasteiger partial charge in [0.1, 0.15) is 16.5 Å². The summed E-state index contributed by atoms with van der Waals surface area (Å²) >= 11 is 3.44. The number of amides is 2. The quantitative estimate of drug-likeness (QED) is 0.684. The molecule has 0 aromatic carbocycles. The number of imidazole rings is 1. The molecule has 1 saturated heterocycles. The SMILES string of the molecule is CC(C)CC(C(=O)N1CCN(c2ccc3ncc(Br)n3n2)CC1)N(C(=O)O)C(C)(C)C. The molecule has 0 radical (unpaired) electrons. The summed E-state index contributed by atoms with van der Waals surface area (Å²) in [6, 6.07) is 3.15. The second kappa shape index (κ2) is 9.02. The maximum atomic E-state index is 13.4. The van der Waals surface area contributed by atoms with Gasteiger partial charge in [-0.05, 0) is 61.2 Å². The fraction of sp³-hybridized carbons (Fsp3) is 0.619. The van der Waals surface area contributed by atoms with E-state index in [2.05, 4.69) is 30.9 Å². The van der Waals surface area contributed by atoms with Crippen LogP contribution in [0, 0.1) is 5.92 Å². The maximum Gasteiger partial charge on any atom is 0.408 e. The van der Waals surface area contributed by atoms with Crippen LogP contribution in [0.5, 0.6) is 0 Å². The van der Waals surface area contributed by atoms with Crippen LogP contribution in [-0.4, -0.2) is 79.3 Å². The molecule has 10 heteroatoms. The standard InChI is InChI=1S/C21H31BrN6O3/c1-14(2)12-15(27(20(30)31)21(3,4)5)19(29)26-10-8-25(9-11-26)18-7-6-17-23-13-16(22)28(17)24-18/h6-7,13-15H,8-12H2,1-5H3,(H,30,31). The van der Waals surface area contributed by atoms with E-state index in [1.807, 2.05) is 46.8 Å². The van der Waals surface area contributed by atoms with Crippen LogP contribution in [0.4, 0.5) is 10.6 Å². The number of aromatic nitrogens is 3. The van der Waals surface area contributed by atoms with Crippen molar-refractivity contribution in [2.75, 3.05) is 31.1 Å². The fourth-order valence-corrected chi connectivity index (χ4v) is 4.39. The number of hydrogen-bond donors (Lipinski definition) is 1. The molecular weight excluding hydrogens is 464 g/mol. The Morgan fingerprint density at radius 3 is 2.39 bits per heavy atom. The predicted octanol–water partition coefficient (Wildman–Crippen LogP) is 3.33. The van der Waals surface area contributed by atoms with Gasteiger partial charge in [-0.15, -0.1) is 5.10 Å². The van der Waals surface area contributed by atoms with Crippen LogP contribution in [-0.2, 0) is 4.79 Å². The van der Waals surface area contributed by atoms with Crippen LogP contribution in [0.3, 0.4) is 0 Å². The van der Waals surface area contributed by atoms with Crippen molar-refractivity contribution in [2.24, 2.45) is 5.92 Å². The van der Waals surface area contributed by atoms with Crippen molar-refractivity contribution in [1.82, 2.24) is 24.4 Å². The number of nitrogens with zero attached hydrogens (tertiary/aromatic N) is 6. The minimum absolute atomic E-state index is 0.119. The molecule has 0 saturated carbocycles. The lowest BCUT2D eigenvalue weighted by Gasteiger charge is -2.43. The Hall–Kier alpha value is -2.36. The highest BCUT2D eigenvalue weighted by Crippen LogP contribution is 2.25. The number of piperazine rings is 1. The third kappa shape index (κ3) is 5.11. The van der Waals surface area contributed by atoms with Crippen LogP contribution in [0.2, 0.25) is 0 Å². The van der Waals surface area contributed by atoms with Gasteiger partial charge >= 0.3 is 6.09 Å². The topological polar surface area (TPSA) is 94.3 Å². The summed E-state index contributed by atoms with van der Waals surface area (Å²) in [4.78, 5) is 35.0. The van der Waals surface area contributed by atoms with Gasteiger partial charge in [-0.1, -0.05) is 13.8 Å². The summed E-state index contributed by atoms with van der Waals surface area (Å²) in [5.41, 5.74) is 0.0947. The fourth-order valence-electron chi connectivity index (χ4n) is 4.02. The molecule has 3 rings (SSSR count). The van der Waals surface area contributed by atoms with Crippen molar-refractivity contribution < 1.29 is 14.7 Å². The molecule has 1 aliphatic rings. The molecule has 1 unspecified atom stereocenters. The Bertz CT molecular complexity index is 946. The van der Waals surface area contributed by atoms with Crippen LogP contribution in [0.1, 0.15) is 41.0 Å². The van der Waals surface area contributed by atoms with E-state index < -0.39 is 17.7 Å². The Kier molecular flexibility index (Phi) is 6.78. The summed E-state index contributed by atoms with van der Waals surface area (Å²) in [5.74, 6) is 0.898. The number of carbonyl (C=O) groups excluding carboxylic acids is 1. The second-order valence-electron chi connectivity index (χ2n) is 9.32. The van der Waals surface area contributed by atoms with Gasteiger partial charge in [0, 0.05) is 31.7 Å². The van der Waals surface area contributed by atoms with Gasteiger partial charge < -0.3 is 14.9 Å². The third-order valence-corrected chi connectivity index (χ3v) is 5.98. The number of carbonyl (C=O) groups is 2. The van der Waals surface area contributed by atoms with E-state index in [0.717, 1.165) is 16.1 Å². The Labute approximate surface area is 191 Å². The highest BCUT2D eigenvalue weighted by molar-refractivity contribution is 9.10. The molecule has 0 spiro atoms. The van der Waals surface area contributed by atoms with E-state index in [4.69, 9.17) is 0 Å². The summed E-state index contributed by atoms with van der Waals surface area (Å²) in [5, 5.41) is 14.5. The zero-order valence-electron chi connectivity index (χ0n) is 18.7. The third-order valence-electron chi connectivity index (χ3n) is 5.44. The molecule has 1 aliphatic heterocycles. The molecule has 1 fully saturated rings. The van der Waals surface area contributed by atoms with E-state index >= 15 is 0 Å². The molecule has 3 heterocycles. The molecular formula is C21H31BrN6O3. The van der Waals surface area contributed by atoms with Gasteiger partial charge in [-0.3, -0.25) is 9.69 Å². The molecule has 1 atom stereocenters. The molecule has 2 amide bonds. The average molecular weight is 495 g/mol. The summed E-state index contributed by atoms with van der Waals surface area (Å²) in [6.07, 6.45) is 1.14. The predicted molar refractivity (Wildman–Crippen MR) is 122 cm³/mol. The van der Waals surface area contributed by atoms with E-state index in [0.29, 0.717) is 32.6 Å². The first-order valence-corrected chi connectivity index (χ1v) is 11.3. The largest absolute Gasteiger partial charge is 0.465 e. The van der Waals surface area contributed by atoms with Gasteiger partial charge in [0.15, 0.2) is 5.65 Å². The zero-order chi connectivity index (χ0) is 22.9. The summed E-state index contributed by atoms with van der Waals surface area (Å²) < 4.78 is 2.52. The van der Waals surface area contributed by atoms with Crippen LogP contribution >= 0.6 is 15.9 Å². The summed E-state index contributed by atoms with van der Waals surface area (Å²) in [7, 11) is 0. The van der Waals surface area contributed by atoms with Gasteiger partial charge in [0.25, 0.3) is 0 Å². The van der Waals surface area contributed by atoms with Crippen molar-refractivity contribution in [3.05, 3.63) is 22.9 Å². The smallest absolute Gasteiger partial charge is 0.408 e.